The topological polar surface area (TPSA) is 68.9 Å². The van der Waals surface area contributed by atoms with Gasteiger partial charge in [0.25, 0.3) is 0 Å². The third-order valence-electron chi connectivity index (χ3n) is 2.02. The van der Waals surface area contributed by atoms with E-state index in [1.807, 2.05) is 37.3 Å². The molecule has 0 fully saturated rings. The summed E-state index contributed by atoms with van der Waals surface area (Å²) in [6.07, 6.45) is 0. The van der Waals surface area contributed by atoms with E-state index in [2.05, 4.69) is 25.7 Å². The van der Waals surface area contributed by atoms with Crippen LogP contribution in [0.25, 0.3) is 0 Å². The molecule has 1 aromatic heterocycles. The average Bonchev–Trinajstić information content (AvgIpc) is 2.73. The molecule has 5 nitrogen and oxygen atoms in total. The summed E-state index contributed by atoms with van der Waals surface area (Å²) in [7, 11) is 0. The Balaban J connectivity index is 2.11. The maximum atomic E-state index is 4.82. The van der Waals surface area contributed by atoms with Crippen LogP contribution < -0.4 is 5.43 Å². The minimum Gasteiger partial charge on any atom is -0.272 e. The zero-order chi connectivity index (χ0) is 11.4. The lowest BCUT2D eigenvalue weighted by Gasteiger charge is -2.00. The number of nitrogens with zero attached hydrogens (tertiary/aromatic N) is 2. The van der Waals surface area contributed by atoms with E-state index < -0.39 is 0 Å². The van der Waals surface area contributed by atoms with Crippen LogP contribution in [0.5, 0.6) is 0 Å². The highest BCUT2D eigenvalue weighted by molar-refractivity contribution is 7.71. The lowest BCUT2D eigenvalue weighted by atomic mass is 10.1. The zero-order valence-electron chi connectivity index (χ0n) is 8.69. The zero-order valence-corrected chi connectivity index (χ0v) is 9.51. The number of benzene rings is 1. The molecule has 0 unspecified atom stereocenters. The van der Waals surface area contributed by atoms with Gasteiger partial charge in [-0.05, 0) is 24.7 Å². The third kappa shape index (κ3) is 2.54. The third-order valence-corrected chi connectivity index (χ3v) is 2.22. The smallest absolute Gasteiger partial charge is 0.238 e. The summed E-state index contributed by atoms with van der Waals surface area (Å²) in [5, 5.41) is 9.62. The van der Waals surface area contributed by atoms with Crippen molar-refractivity contribution in [2.24, 2.45) is 5.10 Å². The molecule has 0 saturated carbocycles. The second-order valence-electron chi connectivity index (χ2n) is 3.19. The van der Waals surface area contributed by atoms with Gasteiger partial charge in [-0.3, -0.25) is 10.2 Å². The molecule has 0 aliphatic carbocycles. The van der Waals surface area contributed by atoms with Crippen LogP contribution in [0, 0.1) is 4.77 Å². The molecule has 0 radical (unpaired) electrons. The molecule has 0 atom stereocenters. The van der Waals surface area contributed by atoms with Crippen molar-refractivity contribution in [1.29, 1.82) is 0 Å². The minimum absolute atomic E-state index is 0.398. The van der Waals surface area contributed by atoms with E-state index >= 15 is 0 Å². The summed E-state index contributed by atoms with van der Waals surface area (Å²) in [4.78, 5) is 3.96. The van der Waals surface area contributed by atoms with Crippen LogP contribution in [0.3, 0.4) is 0 Å². The first-order valence-electron chi connectivity index (χ1n) is 4.76. The molecule has 3 N–H and O–H groups in total. The molecule has 82 valence electrons. The van der Waals surface area contributed by atoms with Crippen molar-refractivity contribution < 1.29 is 0 Å². The van der Waals surface area contributed by atoms with Crippen LogP contribution in [-0.4, -0.2) is 20.9 Å². The number of aromatic amines is 2. The van der Waals surface area contributed by atoms with Gasteiger partial charge in [0.15, 0.2) is 0 Å². The highest BCUT2D eigenvalue weighted by Gasteiger charge is 1.96. The summed E-state index contributed by atoms with van der Waals surface area (Å²) >= 11 is 4.82. The van der Waals surface area contributed by atoms with Gasteiger partial charge in [-0.15, -0.1) is 0 Å². The quantitative estimate of drug-likeness (QED) is 0.433. The Kier molecular flexibility index (Phi) is 3.11. The van der Waals surface area contributed by atoms with Crippen molar-refractivity contribution >= 4 is 23.9 Å². The normalized spacial score (nSPS) is 11.4. The first kappa shape index (κ1) is 10.6. The largest absolute Gasteiger partial charge is 0.272 e. The van der Waals surface area contributed by atoms with Gasteiger partial charge in [-0.25, -0.2) is 5.43 Å². The van der Waals surface area contributed by atoms with Crippen LogP contribution in [0.15, 0.2) is 35.4 Å². The lowest BCUT2D eigenvalue weighted by Crippen LogP contribution is -2.00. The summed E-state index contributed by atoms with van der Waals surface area (Å²) in [5.74, 6) is 0.500. The number of hydrazone groups is 1. The molecule has 0 aliphatic rings. The predicted molar refractivity (Wildman–Crippen MR) is 66.0 cm³/mol. The van der Waals surface area contributed by atoms with Crippen LogP contribution in [0.1, 0.15) is 12.5 Å². The fourth-order valence-electron chi connectivity index (χ4n) is 1.20. The number of rotatable bonds is 3. The Bertz CT molecular complexity index is 540. The van der Waals surface area contributed by atoms with E-state index in [1.54, 1.807) is 0 Å². The van der Waals surface area contributed by atoms with Gasteiger partial charge in [0.2, 0.25) is 10.7 Å². The lowest BCUT2D eigenvalue weighted by molar-refractivity contribution is 1.07. The van der Waals surface area contributed by atoms with Crippen molar-refractivity contribution in [2.75, 3.05) is 5.43 Å². The number of nitrogens with one attached hydrogen (secondary N) is 3. The molecule has 1 heterocycles. The number of H-pyrrole nitrogens is 2. The standard InChI is InChI=1S/C10H11N5S/c1-7(8-5-3-2-4-6-8)12-13-9-11-10(16)15-14-9/h2-6H,1H3,(H3,11,13,14,15,16)/b12-7+. The first-order chi connectivity index (χ1) is 7.75. The van der Waals surface area contributed by atoms with E-state index in [4.69, 9.17) is 12.2 Å². The van der Waals surface area contributed by atoms with Gasteiger partial charge in [-0.1, -0.05) is 30.3 Å². The number of hydrogen-bond acceptors (Lipinski definition) is 4. The molecule has 6 heteroatoms. The number of anilines is 1. The Morgan fingerprint density at radius 2 is 2.06 bits per heavy atom. The first-order valence-corrected chi connectivity index (χ1v) is 5.17. The van der Waals surface area contributed by atoms with Gasteiger partial charge in [-0.2, -0.15) is 10.1 Å². The van der Waals surface area contributed by atoms with Crippen molar-refractivity contribution in [3.05, 3.63) is 40.7 Å². The van der Waals surface area contributed by atoms with Gasteiger partial charge in [0, 0.05) is 0 Å². The number of aromatic nitrogens is 3. The Labute approximate surface area is 97.6 Å². The van der Waals surface area contributed by atoms with E-state index in [0.29, 0.717) is 10.7 Å². The fraction of sp³-hybridized carbons (Fsp3) is 0.100. The summed E-state index contributed by atoms with van der Waals surface area (Å²) in [6.45, 7) is 1.92. The SMILES string of the molecule is C/C(=N\Nc1nc(=S)[nH][nH]1)c1ccccc1. The molecule has 2 rings (SSSR count). The number of hydrogen-bond donors (Lipinski definition) is 3. The van der Waals surface area contributed by atoms with Gasteiger partial charge in [0.05, 0.1) is 5.71 Å². The average molecular weight is 233 g/mol. The van der Waals surface area contributed by atoms with Crippen molar-refractivity contribution in [3.63, 3.8) is 0 Å². The summed E-state index contributed by atoms with van der Waals surface area (Å²) in [5.41, 5.74) is 4.72. The molecule has 0 aliphatic heterocycles. The molecule has 0 bridgehead atoms. The maximum absolute atomic E-state index is 4.82. The molecule has 0 spiro atoms. The maximum Gasteiger partial charge on any atom is 0.238 e. The van der Waals surface area contributed by atoms with Crippen molar-refractivity contribution in [3.8, 4) is 0 Å². The molecular formula is C10H11N5S. The monoisotopic (exact) mass is 233 g/mol. The molecule has 0 saturated heterocycles. The summed E-state index contributed by atoms with van der Waals surface area (Å²) in [6, 6.07) is 9.89. The fourth-order valence-corrected chi connectivity index (χ4v) is 1.35. The van der Waals surface area contributed by atoms with Crippen LogP contribution in [-0.2, 0) is 0 Å². The van der Waals surface area contributed by atoms with Gasteiger partial charge >= 0.3 is 0 Å². The second-order valence-corrected chi connectivity index (χ2v) is 3.58. The van der Waals surface area contributed by atoms with E-state index in [-0.39, 0.29) is 0 Å². The summed E-state index contributed by atoms with van der Waals surface area (Å²) < 4.78 is 0.398. The molecule has 1 aromatic carbocycles. The second kappa shape index (κ2) is 4.71. The molecule has 16 heavy (non-hydrogen) atoms. The van der Waals surface area contributed by atoms with Gasteiger partial charge in [0.1, 0.15) is 0 Å². The van der Waals surface area contributed by atoms with Crippen LogP contribution in [0.4, 0.5) is 5.95 Å². The molecule has 0 amide bonds. The highest BCUT2D eigenvalue weighted by atomic mass is 32.1. The Morgan fingerprint density at radius 1 is 1.31 bits per heavy atom. The Hall–Kier alpha value is -1.95. The van der Waals surface area contributed by atoms with E-state index in [1.165, 1.54) is 0 Å². The molecular weight excluding hydrogens is 222 g/mol. The Morgan fingerprint density at radius 3 is 2.69 bits per heavy atom. The molecule has 2 aromatic rings. The van der Waals surface area contributed by atoms with E-state index in [9.17, 15) is 0 Å². The van der Waals surface area contributed by atoms with Crippen molar-refractivity contribution in [1.82, 2.24) is 15.2 Å². The minimum atomic E-state index is 0.398. The van der Waals surface area contributed by atoms with Crippen LogP contribution in [0.2, 0.25) is 0 Å². The van der Waals surface area contributed by atoms with Crippen LogP contribution >= 0.6 is 12.2 Å². The predicted octanol–water partition coefficient (Wildman–Crippen LogP) is 2.30. The van der Waals surface area contributed by atoms with Gasteiger partial charge < -0.3 is 0 Å². The van der Waals surface area contributed by atoms with E-state index in [0.717, 1.165) is 11.3 Å². The highest BCUT2D eigenvalue weighted by Crippen LogP contribution is 2.01. The van der Waals surface area contributed by atoms with Crippen molar-refractivity contribution in [2.45, 2.75) is 6.92 Å².